The van der Waals surface area contributed by atoms with Crippen molar-refractivity contribution in [3.05, 3.63) is 29.6 Å². The van der Waals surface area contributed by atoms with Crippen LogP contribution in [0.15, 0.2) is 29.6 Å². The van der Waals surface area contributed by atoms with Crippen LogP contribution in [-0.2, 0) is 0 Å². The van der Waals surface area contributed by atoms with E-state index in [2.05, 4.69) is 29.6 Å². The van der Waals surface area contributed by atoms with Gasteiger partial charge in [-0.1, -0.05) is 29.6 Å². The third-order valence-electron chi connectivity index (χ3n) is 0.667. The maximum absolute atomic E-state index is 2.21. The van der Waals surface area contributed by atoms with Gasteiger partial charge in [-0.25, -0.2) is 0 Å². The van der Waals surface area contributed by atoms with Gasteiger partial charge in [0.25, 0.3) is 0 Å². The summed E-state index contributed by atoms with van der Waals surface area (Å²) < 4.78 is 0. The maximum Gasteiger partial charge on any atom is 2.00 e. The van der Waals surface area contributed by atoms with Crippen LogP contribution in [0.25, 0.3) is 0 Å². The van der Waals surface area contributed by atoms with E-state index in [-0.39, 0.29) is 23.1 Å². The van der Waals surface area contributed by atoms with Crippen molar-refractivity contribution in [2.45, 2.75) is 0 Å². The van der Waals surface area contributed by atoms with Crippen LogP contribution >= 0.6 is 0 Å². The first-order valence-corrected chi connectivity index (χ1v) is 3.33. The van der Waals surface area contributed by atoms with Crippen molar-refractivity contribution >= 4 is 32.2 Å². The molecular formula is C5H6MgSi+2. The van der Waals surface area contributed by atoms with Gasteiger partial charge < -0.3 is 0 Å². The van der Waals surface area contributed by atoms with Gasteiger partial charge in [0.1, 0.15) is 0 Å². The second kappa shape index (κ2) is 4.49. The molecule has 0 saturated carbocycles. The zero-order chi connectivity index (χ0) is 4.24. The summed E-state index contributed by atoms with van der Waals surface area (Å²) >= 11 is 0. The minimum atomic E-state index is 0. The van der Waals surface area contributed by atoms with Gasteiger partial charge >= 0.3 is 23.1 Å². The van der Waals surface area contributed by atoms with Crippen LogP contribution in [-0.4, -0.2) is 32.2 Å². The van der Waals surface area contributed by atoms with Crippen molar-refractivity contribution < 1.29 is 0 Å². The molecule has 1 heterocycles. The summed E-state index contributed by atoms with van der Waals surface area (Å²) in [7, 11) is 0.513. The fraction of sp³-hybridized carbons (Fsp3) is 0. The molecule has 0 aromatic carbocycles. The molecule has 1 aromatic rings. The van der Waals surface area contributed by atoms with Crippen LogP contribution in [0.3, 0.4) is 0 Å². The van der Waals surface area contributed by atoms with Crippen LogP contribution in [0, 0.1) is 0 Å². The third kappa shape index (κ3) is 2.96. The minimum Gasteiger partial charge on any atom is -0.0805 e. The molecule has 1 aromatic heterocycles. The number of hydrogen-bond acceptors (Lipinski definition) is 0. The summed E-state index contributed by atoms with van der Waals surface area (Å²) in [4.78, 5) is 0. The van der Waals surface area contributed by atoms with Crippen LogP contribution < -0.4 is 0 Å². The van der Waals surface area contributed by atoms with Crippen molar-refractivity contribution in [1.29, 1.82) is 0 Å². The van der Waals surface area contributed by atoms with Crippen LogP contribution in [0.2, 0.25) is 0 Å². The van der Waals surface area contributed by atoms with Crippen LogP contribution in [0.5, 0.6) is 0 Å². The van der Waals surface area contributed by atoms with Gasteiger partial charge in [0.15, 0.2) is 0 Å². The zero-order valence-electron chi connectivity index (χ0n) is 4.17. The molecule has 1 rings (SSSR count). The summed E-state index contributed by atoms with van der Waals surface area (Å²) in [5, 5.41) is 0. The average molecular weight is 118 g/mol. The maximum atomic E-state index is 2.21. The summed E-state index contributed by atoms with van der Waals surface area (Å²) in [6, 6.07) is 6.24. The van der Waals surface area contributed by atoms with Gasteiger partial charge in [0.2, 0.25) is 0 Å². The van der Waals surface area contributed by atoms with E-state index in [9.17, 15) is 0 Å². The van der Waals surface area contributed by atoms with Gasteiger partial charge in [-0.2, -0.15) is 0 Å². The molecule has 2 heteroatoms. The van der Waals surface area contributed by atoms with Crippen molar-refractivity contribution in [2.24, 2.45) is 0 Å². The van der Waals surface area contributed by atoms with Crippen LogP contribution in [0.1, 0.15) is 0 Å². The standard InChI is InChI=1S/C5H6Si.Mg/c1-2-4-6-5-3-1;/h1-6H;/q;+2. The third-order valence-corrected chi connectivity index (χ3v) is 1.56. The second-order valence-electron chi connectivity index (χ2n) is 1.15. The predicted molar refractivity (Wildman–Crippen MR) is 34.9 cm³/mol. The quantitative estimate of drug-likeness (QED) is 0.432. The molecule has 0 spiro atoms. The van der Waals surface area contributed by atoms with Crippen LogP contribution in [0.4, 0.5) is 0 Å². The number of rotatable bonds is 0. The van der Waals surface area contributed by atoms with E-state index < -0.39 is 0 Å². The Morgan fingerprint density at radius 2 is 1.43 bits per heavy atom. The molecule has 30 valence electrons. The Labute approximate surface area is 61.8 Å². The van der Waals surface area contributed by atoms with E-state index in [1.807, 2.05) is 0 Å². The molecule has 0 saturated heterocycles. The minimum absolute atomic E-state index is 0. The van der Waals surface area contributed by atoms with Gasteiger partial charge in [0.05, 0.1) is 0 Å². The van der Waals surface area contributed by atoms with Gasteiger partial charge in [-0.15, -0.1) is 0 Å². The first-order chi connectivity index (χ1) is 3.00. The van der Waals surface area contributed by atoms with Crippen molar-refractivity contribution in [1.82, 2.24) is 0 Å². The Kier molecular flexibility index (Phi) is 4.70. The van der Waals surface area contributed by atoms with Crippen molar-refractivity contribution in [3.8, 4) is 0 Å². The normalized spacial score (nSPS) is 6.86. The fourth-order valence-electron chi connectivity index (χ4n) is 0.385. The topological polar surface area (TPSA) is 0 Å². The van der Waals surface area contributed by atoms with Gasteiger partial charge in [-0.3, -0.25) is 0 Å². The fourth-order valence-corrected chi connectivity index (χ4v) is 1.03. The van der Waals surface area contributed by atoms with E-state index in [0.717, 1.165) is 0 Å². The summed E-state index contributed by atoms with van der Waals surface area (Å²) in [6.45, 7) is 0. The Bertz CT molecular complexity index is 80.0. The predicted octanol–water partition coefficient (Wildman–Crippen LogP) is 0.376. The molecule has 7 heavy (non-hydrogen) atoms. The Balaban J connectivity index is 0.000000360. The zero-order valence-corrected chi connectivity index (χ0v) is 6.74. The van der Waals surface area contributed by atoms with Gasteiger partial charge in [0, 0.05) is 9.12 Å². The first kappa shape index (κ1) is 7.33. The van der Waals surface area contributed by atoms with Crippen molar-refractivity contribution in [2.75, 3.05) is 0 Å². The summed E-state index contributed by atoms with van der Waals surface area (Å²) in [6.07, 6.45) is 0. The smallest absolute Gasteiger partial charge is 0.0805 e. The Hall–Kier alpha value is 0.333. The molecule has 0 fully saturated rings. The SMILES string of the molecule is [Mg+2].c1cc[siH]cc1. The average Bonchev–Trinajstić information content (AvgIpc) is 1.72. The first-order valence-electron chi connectivity index (χ1n) is 2.00. The number of hydrogen-bond donors (Lipinski definition) is 0. The van der Waals surface area contributed by atoms with E-state index in [1.165, 1.54) is 0 Å². The summed E-state index contributed by atoms with van der Waals surface area (Å²) in [5.41, 5.74) is 4.42. The molecule has 0 nitrogen and oxygen atoms in total. The van der Waals surface area contributed by atoms with E-state index in [4.69, 9.17) is 0 Å². The molecule has 0 N–H and O–H groups in total. The molecule has 0 aliphatic carbocycles. The van der Waals surface area contributed by atoms with E-state index in [0.29, 0.717) is 9.12 Å². The molecule has 0 unspecified atom stereocenters. The molecule has 0 aliphatic rings. The van der Waals surface area contributed by atoms with Crippen molar-refractivity contribution in [3.63, 3.8) is 0 Å². The van der Waals surface area contributed by atoms with E-state index >= 15 is 0 Å². The molecule has 0 atom stereocenters. The van der Waals surface area contributed by atoms with E-state index in [1.54, 1.807) is 0 Å². The Morgan fingerprint density at radius 3 is 1.57 bits per heavy atom. The second-order valence-corrected chi connectivity index (χ2v) is 2.31. The largest absolute Gasteiger partial charge is 2.00 e. The molecule has 0 amide bonds. The molecule has 0 bridgehead atoms. The summed E-state index contributed by atoms with van der Waals surface area (Å²) in [5.74, 6) is 0. The monoisotopic (exact) mass is 118 g/mol. The Morgan fingerprint density at radius 1 is 0.857 bits per heavy atom. The molecule has 0 radical (unpaired) electrons. The molecular weight excluding hydrogens is 112 g/mol. The molecule has 0 aliphatic heterocycles. The van der Waals surface area contributed by atoms with Gasteiger partial charge in [-0.05, 0) is 0 Å².